The van der Waals surface area contributed by atoms with Crippen molar-refractivity contribution in [3.63, 3.8) is 0 Å². The summed E-state index contributed by atoms with van der Waals surface area (Å²) in [7, 11) is 0. The summed E-state index contributed by atoms with van der Waals surface area (Å²) in [6.07, 6.45) is 0. The van der Waals surface area contributed by atoms with Gasteiger partial charge in [-0.2, -0.15) is 5.26 Å². The van der Waals surface area contributed by atoms with Crippen molar-refractivity contribution in [3.05, 3.63) is 56.5 Å². The Bertz CT molecular complexity index is 635. The Morgan fingerprint density at radius 2 is 1.89 bits per heavy atom. The molecule has 0 saturated carbocycles. The summed E-state index contributed by atoms with van der Waals surface area (Å²) in [6.45, 7) is 0. The number of anilines is 2. The van der Waals surface area contributed by atoms with E-state index in [1.165, 1.54) is 0 Å². The zero-order valence-corrected chi connectivity index (χ0v) is 12.1. The lowest BCUT2D eigenvalue weighted by Crippen LogP contribution is -1.94. The molecular weight excluding hydrogens is 335 g/mol. The van der Waals surface area contributed by atoms with Gasteiger partial charge in [-0.05, 0) is 46.3 Å². The van der Waals surface area contributed by atoms with E-state index in [0.29, 0.717) is 21.3 Å². The maximum Gasteiger partial charge on any atom is 0.103 e. The molecule has 0 amide bonds. The topological polar surface area (TPSA) is 35.8 Å². The molecule has 0 fully saturated rings. The summed E-state index contributed by atoms with van der Waals surface area (Å²) in [5.74, 6) is 0. The van der Waals surface area contributed by atoms with Crippen LogP contribution >= 0.6 is 39.1 Å². The summed E-state index contributed by atoms with van der Waals surface area (Å²) in [5.41, 5.74) is 1.86. The van der Waals surface area contributed by atoms with Crippen molar-refractivity contribution in [2.45, 2.75) is 0 Å². The molecule has 0 bridgehead atoms. The molecule has 0 spiro atoms. The molecule has 90 valence electrons. The van der Waals surface area contributed by atoms with Gasteiger partial charge >= 0.3 is 0 Å². The van der Waals surface area contributed by atoms with E-state index in [1.54, 1.807) is 24.3 Å². The van der Waals surface area contributed by atoms with Gasteiger partial charge in [0.25, 0.3) is 0 Å². The fourth-order valence-electron chi connectivity index (χ4n) is 1.47. The summed E-state index contributed by atoms with van der Waals surface area (Å²) in [5, 5.41) is 13.2. The number of hydrogen-bond donors (Lipinski definition) is 1. The molecule has 0 heterocycles. The molecule has 5 heteroatoms. The Kier molecular flexibility index (Phi) is 4.13. The zero-order valence-electron chi connectivity index (χ0n) is 9.05. The average Bonchev–Trinajstić information content (AvgIpc) is 2.34. The van der Waals surface area contributed by atoms with Gasteiger partial charge in [0.05, 0.1) is 21.3 Å². The van der Waals surface area contributed by atoms with Gasteiger partial charge in [-0.3, -0.25) is 0 Å². The molecular formula is C13H7BrCl2N2. The van der Waals surface area contributed by atoms with Crippen LogP contribution in [0.15, 0.2) is 40.9 Å². The minimum atomic E-state index is 0.415. The summed E-state index contributed by atoms with van der Waals surface area (Å²) in [4.78, 5) is 0. The van der Waals surface area contributed by atoms with E-state index in [9.17, 15) is 0 Å². The first-order valence-corrected chi connectivity index (χ1v) is 6.57. The lowest BCUT2D eigenvalue weighted by Gasteiger charge is -2.09. The zero-order chi connectivity index (χ0) is 13.1. The molecule has 2 nitrogen and oxygen atoms in total. The lowest BCUT2D eigenvalue weighted by atomic mass is 10.2. The second-order valence-electron chi connectivity index (χ2n) is 3.53. The Morgan fingerprint density at radius 1 is 1.11 bits per heavy atom. The fourth-order valence-corrected chi connectivity index (χ4v) is 2.12. The maximum absolute atomic E-state index is 9.07. The number of nitrogens with zero attached hydrogens (tertiary/aromatic N) is 1. The van der Waals surface area contributed by atoms with Crippen LogP contribution in [0.5, 0.6) is 0 Å². The minimum Gasteiger partial charge on any atom is -0.354 e. The number of hydrogen-bond acceptors (Lipinski definition) is 2. The van der Waals surface area contributed by atoms with Crippen LogP contribution in [-0.2, 0) is 0 Å². The average molecular weight is 342 g/mol. The van der Waals surface area contributed by atoms with Crippen LogP contribution in [0.25, 0.3) is 0 Å². The molecule has 0 radical (unpaired) electrons. The van der Waals surface area contributed by atoms with Crippen LogP contribution in [0.1, 0.15) is 5.56 Å². The van der Waals surface area contributed by atoms with Gasteiger partial charge in [-0.15, -0.1) is 0 Å². The molecule has 2 rings (SSSR count). The first kappa shape index (κ1) is 13.2. The number of nitrogens with one attached hydrogen (secondary N) is 1. The van der Waals surface area contributed by atoms with Crippen LogP contribution in [0.2, 0.25) is 10.0 Å². The van der Waals surface area contributed by atoms with Crippen molar-refractivity contribution in [1.29, 1.82) is 5.26 Å². The molecule has 0 aliphatic heterocycles. The minimum absolute atomic E-state index is 0.415. The Morgan fingerprint density at radius 3 is 2.56 bits per heavy atom. The van der Waals surface area contributed by atoms with Crippen molar-refractivity contribution >= 4 is 50.5 Å². The van der Waals surface area contributed by atoms with Gasteiger partial charge in [0.2, 0.25) is 0 Å². The summed E-state index contributed by atoms with van der Waals surface area (Å²) >= 11 is 15.3. The maximum atomic E-state index is 9.07. The predicted molar refractivity (Wildman–Crippen MR) is 78.6 cm³/mol. The molecule has 1 N–H and O–H groups in total. The van der Waals surface area contributed by atoms with Crippen molar-refractivity contribution in [2.75, 3.05) is 5.32 Å². The fraction of sp³-hybridized carbons (Fsp3) is 0. The van der Waals surface area contributed by atoms with E-state index >= 15 is 0 Å². The second kappa shape index (κ2) is 5.62. The SMILES string of the molecule is N#Cc1c(Cl)cccc1Nc1ccc(Br)c(Cl)c1. The molecule has 0 aromatic heterocycles. The molecule has 2 aromatic rings. The van der Waals surface area contributed by atoms with Crippen LogP contribution in [0, 0.1) is 11.3 Å². The molecule has 18 heavy (non-hydrogen) atoms. The van der Waals surface area contributed by atoms with Gasteiger partial charge in [0.1, 0.15) is 6.07 Å². The second-order valence-corrected chi connectivity index (χ2v) is 5.20. The molecule has 0 atom stereocenters. The van der Waals surface area contributed by atoms with Crippen LogP contribution in [0.3, 0.4) is 0 Å². The number of benzene rings is 2. The summed E-state index contributed by atoms with van der Waals surface area (Å²) in [6, 6.07) is 12.8. The van der Waals surface area contributed by atoms with Crippen molar-refractivity contribution in [2.24, 2.45) is 0 Å². The lowest BCUT2D eigenvalue weighted by molar-refractivity contribution is 1.46. The Labute approximate surface area is 123 Å². The smallest absolute Gasteiger partial charge is 0.103 e. The van der Waals surface area contributed by atoms with E-state index in [2.05, 4.69) is 27.3 Å². The summed E-state index contributed by atoms with van der Waals surface area (Å²) < 4.78 is 0.821. The van der Waals surface area contributed by atoms with Crippen molar-refractivity contribution in [3.8, 4) is 6.07 Å². The van der Waals surface area contributed by atoms with Crippen molar-refractivity contribution < 1.29 is 0 Å². The largest absolute Gasteiger partial charge is 0.354 e. The third-order valence-electron chi connectivity index (χ3n) is 2.32. The van der Waals surface area contributed by atoms with Crippen LogP contribution in [0.4, 0.5) is 11.4 Å². The molecule has 0 aliphatic rings. The monoisotopic (exact) mass is 340 g/mol. The normalized spacial score (nSPS) is 9.89. The van der Waals surface area contributed by atoms with Crippen molar-refractivity contribution in [1.82, 2.24) is 0 Å². The molecule has 0 unspecified atom stereocenters. The quantitative estimate of drug-likeness (QED) is 0.796. The highest BCUT2D eigenvalue weighted by atomic mass is 79.9. The van der Waals surface area contributed by atoms with E-state index in [4.69, 9.17) is 28.5 Å². The Hall–Kier alpha value is -1.21. The van der Waals surface area contributed by atoms with Crippen LogP contribution < -0.4 is 5.32 Å². The van der Waals surface area contributed by atoms with Gasteiger partial charge in [0.15, 0.2) is 0 Å². The van der Waals surface area contributed by atoms with E-state index in [-0.39, 0.29) is 0 Å². The van der Waals surface area contributed by atoms with Gasteiger partial charge in [-0.1, -0.05) is 29.3 Å². The highest BCUT2D eigenvalue weighted by Gasteiger charge is 2.07. The van der Waals surface area contributed by atoms with Crippen LogP contribution in [-0.4, -0.2) is 0 Å². The number of halogens is 3. The van der Waals surface area contributed by atoms with E-state index < -0.39 is 0 Å². The molecule has 0 aliphatic carbocycles. The first-order valence-electron chi connectivity index (χ1n) is 5.02. The molecule has 2 aromatic carbocycles. The number of nitriles is 1. The molecule has 0 saturated heterocycles. The third kappa shape index (κ3) is 2.78. The number of rotatable bonds is 2. The van der Waals surface area contributed by atoms with E-state index in [0.717, 1.165) is 10.2 Å². The van der Waals surface area contributed by atoms with Gasteiger partial charge in [0, 0.05) is 10.2 Å². The first-order chi connectivity index (χ1) is 8.61. The third-order valence-corrected chi connectivity index (χ3v) is 3.87. The van der Waals surface area contributed by atoms with E-state index in [1.807, 2.05) is 12.1 Å². The van der Waals surface area contributed by atoms with Gasteiger partial charge in [-0.25, -0.2) is 0 Å². The standard InChI is InChI=1S/C13H7BrCl2N2/c14-10-5-4-8(6-12(10)16)18-13-3-1-2-11(15)9(13)7-17/h1-6,18H. The predicted octanol–water partition coefficient (Wildman–Crippen LogP) is 5.37. The van der Waals surface area contributed by atoms with Gasteiger partial charge < -0.3 is 5.32 Å². The highest BCUT2D eigenvalue weighted by Crippen LogP contribution is 2.30. The highest BCUT2D eigenvalue weighted by molar-refractivity contribution is 9.10. The Balaban J connectivity index is 2.37.